The second kappa shape index (κ2) is 9.57. The minimum atomic E-state index is -0.0874. The lowest BCUT2D eigenvalue weighted by Crippen LogP contribution is -2.24. The zero-order valence-electron chi connectivity index (χ0n) is 15.0. The van der Waals surface area contributed by atoms with Gasteiger partial charge in [0.15, 0.2) is 0 Å². The van der Waals surface area contributed by atoms with Crippen molar-refractivity contribution in [2.45, 2.75) is 26.9 Å². The van der Waals surface area contributed by atoms with Crippen LogP contribution in [0.1, 0.15) is 36.2 Å². The third-order valence-electron chi connectivity index (χ3n) is 3.61. The van der Waals surface area contributed by atoms with Gasteiger partial charge >= 0.3 is 0 Å². The van der Waals surface area contributed by atoms with Crippen LogP contribution in [0.25, 0.3) is 0 Å². The lowest BCUT2D eigenvalue weighted by molar-refractivity contribution is 0.0953. The number of hydrogen-bond acceptors (Lipinski definition) is 4. The van der Waals surface area contributed by atoms with Crippen LogP contribution in [0.5, 0.6) is 17.2 Å². The summed E-state index contributed by atoms with van der Waals surface area (Å²) in [7, 11) is 1.62. The molecule has 1 amide bonds. The maximum atomic E-state index is 12.2. The highest BCUT2D eigenvalue weighted by Gasteiger charge is 2.11. The summed E-state index contributed by atoms with van der Waals surface area (Å²) >= 11 is 0. The molecule has 25 heavy (non-hydrogen) atoms. The summed E-state index contributed by atoms with van der Waals surface area (Å²) in [5, 5.41) is 2.88. The highest BCUT2D eigenvalue weighted by atomic mass is 16.5. The minimum absolute atomic E-state index is 0.0874. The molecular formula is C20H25NO4. The van der Waals surface area contributed by atoms with Crippen LogP contribution in [0.2, 0.25) is 0 Å². The Morgan fingerprint density at radius 1 is 1.00 bits per heavy atom. The van der Waals surface area contributed by atoms with Crippen LogP contribution < -0.4 is 19.5 Å². The van der Waals surface area contributed by atoms with E-state index in [-0.39, 0.29) is 5.91 Å². The van der Waals surface area contributed by atoms with Crippen LogP contribution >= 0.6 is 0 Å². The number of amides is 1. The smallest absolute Gasteiger partial charge is 0.251 e. The average Bonchev–Trinajstić information content (AvgIpc) is 2.65. The third kappa shape index (κ3) is 5.41. The topological polar surface area (TPSA) is 56.8 Å². The summed E-state index contributed by atoms with van der Waals surface area (Å²) < 4.78 is 16.6. The molecule has 0 aliphatic heterocycles. The second-order valence-electron chi connectivity index (χ2n) is 5.48. The Hall–Kier alpha value is -2.69. The van der Waals surface area contributed by atoms with E-state index in [4.69, 9.17) is 14.2 Å². The van der Waals surface area contributed by atoms with Gasteiger partial charge in [-0.25, -0.2) is 0 Å². The molecule has 0 aliphatic carbocycles. The minimum Gasteiger partial charge on any atom is -0.497 e. The Morgan fingerprint density at radius 3 is 2.36 bits per heavy atom. The molecule has 1 N–H and O–H groups in total. The summed E-state index contributed by atoms with van der Waals surface area (Å²) in [5.41, 5.74) is 1.44. The van der Waals surface area contributed by atoms with E-state index < -0.39 is 0 Å². The SMILES string of the molecule is CCCNC(=O)c1ccc(OCC)c(COc2ccc(OC)cc2)c1. The van der Waals surface area contributed by atoms with Crippen LogP contribution in [-0.4, -0.2) is 26.2 Å². The molecule has 0 fully saturated rings. The van der Waals surface area contributed by atoms with Gasteiger partial charge in [0.05, 0.1) is 13.7 Å². The molecule has 2 rings (SSSR count). The lowest BCUT2D eigenvalue weighted by atomic mass is 10.1. The zero-order chi connectivity index (χ0) is 18.1. The van der Waals surface area contributed by atoms with Gasteiger partial charge in [-0.2, -0.15) is 0 Å². The average molecular weight is 343 g/mol. The summed E-state index contributed by atoms with van der Waals surface area (Å²) in [6.07, 6.45) is 0.899. The first-order chi connectivity index (χ1) is 12.2. The molecule has 0 heterocycles. The van der Waals surface area contributed by atoms with E-state index in [0.29, 0.717) is 25.3 Å². The number of methoxy groups -OCH3 is 1. The molecule has 0 aliphatic rings. The second-order valence-corrected chi connectivity index (χ2v) is 5.48. The summed E-state index contributed by atoms with van der Waals surface area (Å²) in [5.74, 6) is 2.14. The molecule has 2 aromatic rings. The molecule has 0 bridgehead atoms. The molecule has 0 unspecified atom stereocenters. The van der Waals surface area contributed by atoms with Crippen LogP contribution in [0.3, 0.4) is 0 Å². The Balaban J connectivity index is 2.13. The van der Waals surface area contributed by atoms with Crippen LogP contribution in [-0.2, 0) is 6.61 Å². The molecule has 0 saturated heterocycles. The number of hydrogen-bond donors (Lipinski definition) is 1. The fourth-order valence-electron chi connectivity index (χ4n) is 2.30. The normalized spacial score (nSPS) is 10.2. The van der Waals surface area contributed by atoms with Crippen LogP contribution in [0.15, 0.2) is 42.5 Å². The van der Waals surface area contributed by atoms with Crippen molar-refractivity contribution in [3.8, 4) is 17.2 Å². The Kier molecular flexibility index (Phi) is 7.14. The number of nitrogens with one attached hydrogen (secondary N) is 1. The van der Waals surface area contributed by atoms with Crippen molar-refractivity contribution in [1.29, 1.82) is 0 Å². The molecule has 0 radical (unpaired) electrons. The van der Waals surface area contributed by atoms with E-state index in [0.717, 1.165) is 29.2 Å². The number of rotatable bonds is 9. The lowest BCUT2D eigenvalue weighted by Gasteiger charge is -2.13. The van der Waals surface area contributed by atoms with Gasteiger partial charge in [0.1, 0.15) is 23.9 Å². The summed E-state index contributed by atoms with van der Waals surface area (Å²) in [4.78, 5) is 12.2. The van der Waals surface area contributed by atoms with Gasteiger partial charge in [0.25, 0.3) is 5.91 Å². The first-order valence-electron chi connectivity index (χ1n) is 8.48. The third-order valence-corrected chi connectivity index (χ3v) is 3.61. The fraction of sp³-hybridized carbons (Fsp3) is 0.350. The van der Waals surface area contributed by atoms with Crippen molar-refractivity contribution >= 4 is 5.91 Å². The van der Waals surface area contributed by atoms with Gasteiger partial charge in [-0.15, -0.1) is 0 Å². The van der Waals surface area contributed by atoms with Crippen molar-refractivity contribution < 1.29 is 19.0 Å². The van der Waals surface area contributed by atoms with E-state index in [9.17, 15) is 4.79 Å². The predicted octanol–water partition coefficient (Wildman–Crippen LogP) is 3.81. The zero-order valence-corrected chi connectivity index (χ0v) is 15.0. The maximum absolute atomic E-state index is 12.2. The molecule has 134 valence electrons. The van der Waals surface area contributed by atoms with Gasteiger partial charge < -0.3 is 19.5 Å². The summed E-state index contributed by atoms with van der Waals surface area (Å²) in [6.45, 7) is 5.47. The highest BCUT2D eigenvalue weighted by Crippen LogP contribution is 2.24. The van der Waals surface area contributed by atoms with Gasteiger partial charge in [-0.3, -0.25) is 4.79 Å². The highest BCUT2D eigenvalue weighted by molar-refractivity contribution is 5.94. The molecular weight excluding hydrogens is 318 g/mol. The quantitative estimate of drug-likeness (QED) is 0.752. The Morgan fingerprint density at radius 2 is 1.72 bits per heavy atom. The Bertz CT molecular complexity index is 683. The number of carbonyl (C=O) groups excluding carboxylic acids is 1. The number of ether oxygens (including phenoxy) is 3. The van der Waals surface area contributed by atoms with E-state index >= 15 is 0 Å². The van der Waals surface area contributed by atoms with Crippen molar-refractivity contribution in [2.24, 2.45) is 0 Å². The van der Waals surface area contributed by atoms with Gasteiger partial charge in [-0.05, 0) is 55.8 Å². The Labute approximate surface area is 148 Å². The van der Waals surface area contributed by atoms with E-state index in [1.165, 1.54) is 0 Å². The van der Waals surface area contributed by atoms with Crippen LogP contribution in [0, 0.1) is 0 Å². The standard InChI is InChI=1S/C20H25NO4/c1-4-12-21-20(22)15-6-11-19(24-5-2)16(13-15)14-25-18-9-7-17(23-3)8-10-18/h6-11,13H,4-5,12,14H2,1-3H3,(H,21,22). The van der Waals surface area contributed by atoms with Gasteiger partial charge in [-0.1, -0.05) is 6.92 Å². The van der Waals surface area contributed by atoms with Crippen molar-refractivity contribution in [3.63, 3.8) is 0 Å². The number of carbonyl (C=O) groups is 1. The van der Waals surface area contributed by atoms with Crippen molar-refractivity contribution in [1.82, 2.24) is 5.32 Å². The molecule has 5 heteroatoms. The largest absolute Gasteiger partial charge is 0.497 e. The first kappa shape index (κ1) is 18.6. The van der Waals surface area contributed by atoms with E-state index in [1.807, 2.05) is 50.2 Å². The molecule has 0 aromatic heterocycles. The molecule has 0 spiro atoms. The van der Waals surface area contributed by atoms with Gasteiger partial charge in [0, 0.05) is 17.7 Å². The van der Waals surface area contributed by atoms with Gasteiger partial charge in [0.2, 0.25) is 0 Å². The maximum Gasteiger partial charge on any atom is 0.251 e. The molecule has 0 saturated carbocycles. The summed E-state index contributed by atoms with van der Waals surface area (Å²) in [6, 6.07) is 12.8. The molecule has 5 nitrogen and oxygen atoms in total. The predicted molar refractivity (Wildman–Crippen MR) is 97.6 cm³/mol. The first-order valence-corrected chi connectivity index (χ1v) is 8.48. The van der Waals surface area contributed by atoms with Crippen LogP contribution in [0.4, 0.5) is 0 Å². The molecule has 0 atom stereocenters. The monoisotopic (exact) mass is 343 g/mol. The van der Waals surface area contributed by atoms with E-state index in [2.05, 4.69) is 5.32 Å². The number of benzene rings is 2. The molecule has 2 aromatic carbocycles. The van der Waals surface area contributed by atoms with E-state index in [1.54, 1.807) is 13.2 Å². The van der Waals surface area contributed by atoms with Crippen molar-refractivity contribution in [3.05, 3.63) is 53.6 Å². The fourth-order valence-corrected chi connectivity index (χ4v) is 2.30. The van der Waals surface area contributed by atoms with Crippen molar-refractivity contribution in [2.75, 3.05) is 20.3 Å².